The van der Waals surface area contributed by atoms with Crippen LogP contribution in [0.3, 0.4) is 0 Å². The molecule has 0 fully saturated rings. The van der Waals surface area contributed by atoms with E-state index in [1.807, 2.05) is 20.8 Å². The number of hydrogen-bond acceptors (Lipinski definition) is 0. The molecule has 0 radical (unpaired) electrons. The van der Waals surface area contributed by atoms with E-state index in [0.717, 1.165) is 18.8 Å². The number of rotatable bonds is 3. The summed E-state index contributed by atoms with van der Waals surface area (Å²) < 4.78 is 0. The van der Waals surface area contributed by atoms with Gasteiger partial charge in [-0.05, 0) is 39.5 Å². The van der Waals surface area contributed by atoms with E-state index < -0.39 is 0 Å². The first kappa shape index (κ1) is 20.6. The van der Waals surface area contributed by atoms with E-state index in [9.17, 15) is 0 Å². The molecule has 0 aliphatic carbocycles. The van der Waals surface area contributed by atoms with E-state index in [1.54, 1.807) is 0 Å². The average molecular weight is 224 g/mol. The maximum absolute atomic E-state index is 2.17. The molecule has 0 saturated carbocycles. The molecule has 96 valence electrons. The van der Waals surface area contributed by atoms with Crippen molar-refractivity contribution in [3.8, 4) is 0 Å². The third-order valence-corrected chi connectivity index (χ3v) is 1.52. The van der Waals surface area contributed by atoms with E-state index in [4.69, 9.17) is 0 Å². The Kier molecular flexibility index (Phi) is 30.6. The Morgan fingerprint density at radius 3 is 1.12 bits per heavy atom. The molecule has 0 atom stereocenters. The first-order valence-corrected chi connectivity index (χ1v) is 6.45. The molecule has 0 bridgehead atoms. The van der Waals surface area contributed by atoms with Gasteiger partial charge in [-0.2, -0.15) is 0 Å². The predicted octanol–water partition coefficient (Wildman–Crippen LogP) is 6.16. The Morgan fingerprint density at radius 2 is 1.12 bits per heavy atom. The second kappa shape index (κ2) is 23.8. The van der Waals surface area contributed by atoms with Gasteiger partial charge in [0.05, 0.1) is 0 Å². The molecule has 0 rings (SSSR count). The fraction of sp³-hybridized carbons (Fsp3) is 0.625. The molecule has 0 heterocycles. The molecular weight excluding hydrogens is 192 g/mol. The van der Waals surface area contributed by atoms with Crippen molar-refractivity contribution in [1.29, 1.82) is 0 Å². The minimum atomic E-state index is 0.718. The molecule has 0 nitrogen and oxygen atoms in total. The lowest BCUT2D eigenvalue weighted by Crippen LogP contribution is -1.73. The molecule has 0 unspecified atom stereocenters. The Bertz CT molecular complexity index is 147. The second-order valence-electron chi connectivity index (χ2n) is 3.72. The van der Waals surface area contributed by atoms with Gasteiger partial charge in [-0.25, -0.2) is 0 Å². The highest BCUT2D eigenvalue weighted by atomic mass is 13.8. The number of hydrogen-bond donors (Lipinski definition) is 0. The molecular formula is C16H32. The summed E-state index contributed by atoms with van der Waals surface area (Å²) in [5, 5.41) is 0. The Labute approximate surface area is 104 Å². The summed E-state index contributed by atoms with van der Waals surface area (Å²) in [5.41, 5.74) is 0. The first-order chi connectivity index (χ1) is 7.60. The molecule has 0 amide bonds. The van der Waals surface area contributed by atoms with Crippen molar-refractivity contribution in [1.82, 2.24) is 0 Å². The molecule has 0 spiro atoms. The summed E-state index contributed by atoms with van der Waals surface area (Å²) in [6, 6.07) is 0. The SMILES string of the molecule is C/C=C/C(C)C.C/C=C/CC.C/C=C/CC. The van der Waals surface area contributed by atoms with Crippen LogP contribution >= 0.6 is 0 Å². The van der Waals surface area contributed by atoms with Crippen LogP contribution in [0.1, 0.15) is 61.3 Å². The van der Waals surface area contributed by atoms with Crippen LogP contribution in [-0.2, 0) is 0 Å². The standard InChI is InChI=1S/C6H12.2C5H10/c1-4-5-6(2)3;2*1-3-5-4-2/h4-6H,1-3H3;2*3,5H,4H2,1-2H3/b5-4+;2*5-3+. The molecule has 0 aromatic heterocycles. The van der Waals surface area contributed by atoms with Crippen molar-refractivity contribution >= 4 is 0 Å². The van der Waals surface area contributed by atoms with Crippen molar-refractivity contribution in [3.05, 3.63) is 36.5 Å². The summed E-state index contributed by atoms with van der Waals surface area (Å²) in [6.07, 6.45) is 14.9. The molecule has 0 aromatic rings. The van der Waals surface area contributed by atoms with Gasteiger partial charge in [0.1, 0.15) is 0 Å². The maximum Gasteiger partial charge on any atom is -0.0291 e. The Balaban J connectivity index is -0.000000160. The smallest absolute Gasteiger partial charge is 0.0291 e. The van der Waals surface area contributed by atoms with Gasteiger partial charge >= 0.3 is 0 Å². The molecule has 0 aliphatic rings. The first-order valence-electron chi connectivity index (χ1n) is 6.45. The molecule has 16 heavy (non-hydrogen) atoms. The zero-order valence-electron chi connectivity index (χ0n) is 12.5. The molecule has 0 heteroatoms. The molecule has 0 N–H and O–H groups in total. The van der Waals surface area contributed by atoms with E-state index in [1.165, 1.54) is 0 Å². The zero-order chi connectivity index (χ0) is 13.2. The van der Waals surface area contributed by atoms with Crippen LogP contribution in [0.4, 0.5) is 0 Å². The largest absolute Gasteiger partial charge is 0.0917 e. The van der Waals surface area contributed by atoms with E-state index in [2.05, 4.69) is 64.2 Å². The van der Waals surface area contributed by atoms with Crippen molar-refractivity contribution in [2.45, 2.75) is 61.3 Å². The predicted molar refractivity (Wildman–Crippen MR) is 79.9 cm³/mol. The van der Waals surface area contributed by atoms with Crippen molar-refractivity contribution < 1.29 is 0 Å². The number of allylic oxidation sites excluding steroid dienone is 6. The fourth-order valence-electron chi connectivity index (χ4n) is 0.856. The lowest BCUT2D eigenvalue weighted by molar-refractivity contribution is 0.830. The molecule has 0 aromatic carbocycles. The maximum atomic E-state index is 2.17. The van der Waals surface area contributed by atoms with Gasteiger partial charge < -0.3 is 0 Å². The van der Waals surface area contributed by atoms with Gasteiger partial charge in [0, 0.05) is 0 Å². The topological polar surface area (TPSA) is 0 Å². The van der Waals surface area contributed by atoms with Gasteiger partial charge in [-0.3, -0.25) is 0 Å². The van der Waals surface area contributed by atoms with Crippen LogP contribution in [0, 0.1) is 5.92 Å². The van der Waals surface area contributed by atoms with Crippen molar-refractivity contribution in [2.24, 2.45) is 5.92 Å². The summed E-state index contributed by atoms with van der Waals surface area (Å²) in [4.78, 5) is 0. The van der Waals surface area contributed by atoms with E-state index in [-0.39, 0.29) is 0 Å². The highest BCUT2D eigenvalue weighted by Crippen LogP contribution is 1.90. The highest BCUT2D eigenvalue weighted by molar-refractivity contribution is 4.79. The average Bonchev–Trinajstić information content (AvgIpc) is 2.21. The van der Waals surface area contributed by atoms with Crippen LogP contribution in [0.25, 0.3) is 0 Å². The quantitative estimate of drug-likeness (QED) is 0.503. The van der Waals surface area contributed by atoms with Gasteiger partial charge in [0.15, 0.2) is 0 Å². The minimum absolute atomic E-state index is 0.718. The third-order valence-electron chi connectivity index (χ3n) is 1.52. The minimum Gasteiger partial charge on any atom is -0.0917 e. The van der Waals surface area contributed by atoms with Crippen molar-refractivity contribution in [2.75, 3.05) is 0 Å². The summed E-state index contributed by atoms with van der Waals surface area (Å²) in [7, 11) is 0. The van der Waals surface area contributed by atoms with E-state index >= 15 is 0 Å². The highest BCUT2D eigenvalue weighted by Gasteiger charge is 1.76. The third kappa shape index (κ3) is 51.0. The van der Waals surface area contributed by atoms with Crippen LogP contribution < -0.4 is 0 Å². The summed E-state index contributed by atoms with van der Waals surface area (Å²) in [5.74, 6) is 0.718. The Morgan fingerprint density at radius 1 is 0.750 bits per heavy atom. The fourth-order valence-corrected chi connectivity index (χ4v) is 0.856. The Hall–Kier alpha value is -0.780. The van der Waals surface area contributed by atoms with Crippen LogP contribution in [0.5, 0.6) is 0 Å². The lowest BCUT2D eigenvalue weighted by Gasteiger charge is -1.86. The molecule has 0 saturated heterocycles. The van der Waals surface area contributed by atoms with Gasteiger partial charge in [-0.1, -0.05) is 64.2 Å². The van der Waals surface area contributed by atoms with Gasteiger partial charge in [0.25, 0.3) is 0 Å². The normalized spacial score (nSPS) is 10.5. The van der Waals surface area contributed by atoms with Crippen molar-refractivity contribution in [3.63, 3.8) is 0 Å². The molecule has 0 aliphatic heterocycles. The second-order valence-corrected chi connectivity index (χ2v) is 3.72. The van der Waals surface area contributed by atoms with Crippen LogP contribution in [-0.4, -0.2) is 0 Å². The van der Waals surface area contributed by atoms with Gasteiger partial charge in [-0.15, -0.1) is 0 Å². The summed E-state index contributed by atoms with van der Waals surface area (Å²) >= 11 is 0. The lowest BCUT2D eigenvalue weighted by atomic mass is 10.2. The summed E-state index contributed by atoms with van der Waals surface area (Å²) in [6.45, 7) is 14.7. The monoisotopic (exact) mass is 224 g/mol. The van der Waals surface area contributed by atoms with E-state index in [0.29, 0.717) is 0 Å². The van der Waals surface area contributed by atoms with Gasteiger partial charge in [0.2, 0.25) is 0 Å². The van der Waals surface area contributed by atoms with Crippen LogP contribution in [0.2, 0.25) is 0 Å². The van der Waals surface area contributed by atoms with Crippen LogP contribution in [0.15, 0.2) is 36.5 Å². The zero-order valence-corrected chi connectivity index (χ0v) is 12.5.